The lowest BCUT2D eigenvalue weighted by molar-refractivity contribution is -0.115. The monoisotopic (exact) mass is 249 g/mol. The highest BCUT2D eigenvalue weighted by Crippen LogP contribution is 2.40. The average Bonchev–Trinajstić information content (AvgIpc) is 2.50. The van der Waals surface area contributed by atoms with Crippen molar-refractivity contribution in [2.75, 3.05) is 0 Å². The first-order valence-electron chi connectivity index (χ1n) is 6.64. The maximum atomic E-state index is 11.5. The lowest BCUT2D eigenvalue weighted by Gasteiger charge is -2.34. The van der Waals surface area contributed by atoms with E-state index in [1.807, 2.05) is 12.1 Å². The van der Waals surface area contributed by atoms with Crippen LogP contribution in [0.1, 0.15) is 24.0 Å². The molecule has 1 aliphatic carbocycles. The Kier molecular flexibility index (Phi) is 3.04. The van der Waals surface area contributed by atoms with Crippen LogP contribution in [0.5, 0.6) is 0 Å². The fraction of sp³-hybridized carbons (Fsp3) is 0.167. The van der Waals surface area contributed by atoms with Crippen LogP contribution in [0.4, 0.5) is 0 Å². The van der Waals surface area contributed by atoms with Crippen LogP contribution in [-0.4, -0.2) is 5.78 Å². The van der Waals surface area contributed by atoms with E-state index >= 15 is 0 Å². The zero-order valence-corrected chi connectivity index (χ0v) is 10.8. The zero-order chi connectivity index (χ0) is 13.1. The fourth-order valence-electron chi connectivity index (χ4n) is 2.84. The number of carbonyl (C=O) groups excluding carboxylic acids is 1. The summed E-state index contributed by atoms with van der Waals surface area (Å²) in [5.41, 5.74) is 2.35. The van der Waals surface area contributed by atoms with Crippen LogP contribution >= 0.6 is 0 Å². The van der Waals surface area contributed by atoms with Crippen LogP contribution in [0.15, 0.2) is 72.8 Å². The molecule has 1 aliphatic rings. The standard InChI is InChI=1S/C18H16O/c19-17-11-13-18(14-12-17,15-7-3-1-4-8-15)16-9-5-2-6-10-16/h1-11,13H,12,14H2/i17+1. The predicted octanol–water partition coefficient (Wildman–Crippen LogP) is 3.89. The summed E-state index contributed by atoms with van der Waals surface area (Å²) in [5, 5.41) is 0. The van der Waals surface area contributed by atoms with Gasteiger partial charge in [0.2, 0.25) is 0 Å². The fourth-order valence-corrected chi connectivity index (χ4v) is 2.84. The van der Waals surface area contributed by atoms with Gasteiger partial charge in [-0.05, 0) is 23.6 Å². The molecule has 0 saturated heterocycles. The summed E-state index contributed by atoms with van der Waals surface area (Å²) in [7, 11) is 0. The molecule has 0 N–H and O–H groups in total. The third-order valence-corrected chi connectivity index (χ3v) is 3.90. The van der Waals surface area contributed by atoms with Crippen molar-refractivity contribution in [3.8, 4) is 0 Å². The summed E-state index contributed by atoms with van der Waals surface area (Å²) in [6.07, 6.45) is 5.27. The quantitative estimate of drug-likeness (QED) is 0.738. The summed E-state index contributed by atoms with van der Waals surface area (Å²) < 4.78 is 0. The van der Waals surface area contributed by atoms with E-state index in [0.717, 1.165) is 6.42 Å². The van der Waals surface area contributed by atoms with Crippen molar-refractivity contribution in [2.24, 2.45) is 0 Å². The molecule has 0 radical (unpaired) electrons. The molecule has 3 rings (SSSR count). The number of hydrogen-bond donors (Lipinski definition) is 0. The van der Waals surface area contributed by atoms with E-state index < -0.39 is 0 Å². The summed E-state index contributed by atoms with van der Waals surface area (Å²) in [6.45, 7) is 0. The molecule has 0 amide bonds. The minimum atomic E-state index is -0.156. The largest absolute Gasteiger partial charge is 0.295 e. The molecule has 0 atom stereocenters. The third-order valence-electron chi connectivity index (χ3n) is 3.90. The van der Waals surface area contributed by atoms with Crippen molar-refractivity contribution in [3.63, 3.8) is 0 Å². The lowest BCUT2D eigenvalue weighted by Crippen LogP contribution is -2.29. The van der Waals surface area contributed by atoms with Crippen molar-refractivity contribution in [3.05, 3.63) is 83.9 Å². The molecule has 0 fully saturated rings. The van der Waals surface area contributed by atoms with Gasteiger partial charge >= 0.3 is 0 Å². The Labute approximate surface area is 113 Å². The van der Waals surface area contributed by atoms with Gasteiger partial charge in [-0.25, -0.2) is 0 Å². The highest BCUT2D eigenvalue weighted by atomic mass is 16.2. The van der Waals surface area contributed by atoms with Crippen LogP contribution in [-0.2, 0) is 10.2 Å². The Morgan fingerprint density at radius 1 is 0.789 bits per heavy atom. The maximum Gasteiger partial charge on any atom is 0.155 e. The van der Waals surface area contributed by atoms with E-state index in [-0.39, 0.29) is 11.2 Å². The molecule has 2 aromatic rings. The molecule has 94 valence electrons. The number of benzene rings is 2. The molecule has 0 bridgehead atoms. The number of rotatable bonds is 2. The van der Waals surface area contributed by atoms with Crippen molar-refractivity contribution in [1.82, 2.24) is 0 Å². The molecule has 2 aromatic carbocycles. The van der Waals surface area contributed by atoms with Crippen LogP contribution in [0.25, 0.3) is 0 Å². The molecule has 0 spiro atoms. The van der Waals surface area contributed by atoms with E-state index in [9.17, 15) is 4.79 Å². The second kappa shape index (κ2) is 4.85. The maximum absolute atomic E-state index is 11.5. The van der Waals surface area contributed by atoms with Gasteiger partial charge in [0.1, 0.15) is 0 Å². The average molecular weight is 249 g/mol. The van der Waals surface area contributed by atoms with E-state index in [0.29, 0.717) is 6.42 Å². The second-order valence-electron chi connectivity index (χ2n) is 5.00. The van der Waals surface area contributed by atoms with Crippen molar-refractivity contribution in [2.45, 2.75) is 18.3 Å². The van der Waals surface area contributed by atoms with Gasteiger partial charge in [-0.3, -0.25) is 4.79 Å². The predicted molar refractivity (Wildman–Crippen MR) is 77.0 cm³/mol. The van der Waals surface area contributed by atoms with Gasteiger partial charge in [0.15, 0.2) is 5.78 Å². The minimum absolute atomic E-state index is 0.156. The first-order valence-corrected chi connectivity index (χ1v) is 6.64. The molecular weight excluding hydrogens is 233 g/mol. The summed E-state index contributed by atoms with van der Waals surface area (Å²) >= 11 is 0. The topological polar surface area (TPSA) is 17.1 Å². The number of allylic oxidation sites excluding steroid dienone is 2. The smallest absolute Gasteiger partial charge is 0.155 e. The Morgan fingerprint density at radius 3 is 1.74 bits per heavy atom. The summed E-state index contributed by atoms with van der Waals surface area (Å²) in [6, 6.07) is 20.9. The molecule has 19 heavy (non-hydrogen) atoms. The van der Waals surface area contributed by atoms with Crippen LogP contribution in [0.3, 0.4) is 0 Å². The molecule has 0 saturated carbocycles. The molecule has 0 aromatic heterocycles. The third kappa shape index (κ3) is 2.12. The first kappa shape index (κ1) is 11.9. The molecule has 0 unspecified atom stereocenters. The number of hydrogen-bond acceptors (Lipinski definition) is 1. The minimum Gasteiger partial charge on any atom is -0.295 e. The van der Waals surface area contributed by atoms with E-state index in [4.69, 9.17) is 0 Å². The van der Waals surface area contributed by atoms with Crippen molar-refractivity contribution >= 4 is 5.78 Å². The number of carbonyl (C=O) groups is 1. The molecule has 1 heteroatoms. The van der Waals surface area contributed by atoms with Gasteiger partial charge in [-0.1, -0.05) is 66.7 Å². The highest BCUT2D eigenvalue weighted by molar-refractivity contribution is 5.91. The van der Waals surface area contributed by atoms with Gasteiger partial charge in [0, 0.05) is 11.8 Å². The SMILES string of the molecule is O=[13C]1C=CC(c2ccccc2)(c2ccccc2)CC1. The molecule has 1 nitrogen and oxygen atoms in total. The Morgan fingerprint density at radius 2 is 1.32 bits per heavy atom. The summed E-state index contributed by atoms with van der Waals surface area (Å²) in [5.74, 6) is 0.225. The van der Waals surface area contributed by atoms with Gasteiger partial charge in [0.25, 0.3) is 0 Å². The van der Waals surface area contributed by atoms with Crippen molar-refractivity contribution < 1.29 is 4.79 Å². The van der Waals surface area contributed by atoms with Crippen molar-refractivity contribution in [1.29, 1.82) is 0 Å². The highest BCUT2D eigenvalue weighted by Gasteiger charge is 2.34. The Hall–Kier alpha value is -2.15. The van der Waals surface area contributed by atoms with Gasteiger partial charge in [-0.15, -0.1) is 0 Å². The van der Waals surface area contributed by atoms with E-state index in [1.54, 1.807) is 6.08 Å². The second-order valence-corrected chi connectivity index (χ2v) is 5.00. The van der Waals surface area contributed by atoms with Gasteiger partial charge in [0.05, 0.1) is 0 Å². The lowest BCUT2D eigenvalue weighted by atomic mass is 9.70. The molecule has 0 heterocycles. The molecular formula is C18H16O. The van der Waals surface area contributed by atoms with Gasteiger partial charge < -0.3 is 0 Å². The normalized spacial score (nSPS) is 17.4. The van der Waals surface area contributed by atoms with Crippen LogP contribution in [0, 0.1) is 0 Å². The zero-order valence-electron chi connectivity index (χ0n) is 10.8. The first-order chi connectivity index (χ1) is 9.31. The van der Waals surface area contributed by atoms with E-state index in [2.05, 4.69) is 54.6 Å². The Balaban J connectivity index is 2.17. The Bertz CT molecular complexity index is 557. The van der Waals surface area contributed by atoms with Crippen LogP contribution in [0.2, 0.25) is 0 Å². The van der Waals surface area contributed by atoms with Gasteiger partial charge in [-0.2, -0.15) is 0 Å². The number of ketones is 1. The molecule has 0 aliphatic heterocycles. The van der Waals surface area contributed by atoms with Crippen LogP contribution < -0.4 is 0 Å². The van der Waals surface area contributed by atoms with E-state index in [1.165, 1.54) is 11.1 Å². The summed E-state index contributed by atoms with van der Waals surface area (Å²) in [4.78, 5) is 11.5.